The predicted octanol–water partition coefficient (Wildman–Crippen LogP) is -0.550. The Labute approximate surface area is 91.4 Å². The minimum absolute atomic E-state index is 0.0162. The van der Waals surface area contributed by atoms with Crippen LogP contribution in [0.3, 0.4) is 0 Å². The minimum Gasteiger partial charge on any atom is -0.392 e. The van der Waals surface area contributed by atoms with E-state index >= 15 is 0 Å². The van der Waals surface area contributed by atoms with Crippen molar-refractivity contribution < 1.29 is 14.6 Å². The second-order valence-electron chi connectivity index (χ2n) is 3.97. The lowest BCUT2D eigenvalue weighted by atomic mass is 10.3. The molecule has 0 saturated heterocycles. The maximum Gasteiger partial charge on any atom is 0.234 e. The smallest absolute Gasteiger partial charge is 0.234 e. The molecule has 0 aliphatic heterocycles. The van der Waals surface area contributed by atoms with Crippen molar-refractivity contribution in [3.63, 3.8) is 0 Å². The van der Waals surface area contributed by atoms with Crippen molar-refractivity contribution in [3.05, 3.63) is 0 Å². The SMILES string of the molecule is COCC(C)NC(=O)CN(C)CC(C)O. The van der Waals surface area contributed by atoms with Crippen LogP contribution in [0.1, 0.15) is 13.8 Å². The van der Waals surface area contributed by atoms with Crippen LogP contribution in [0.5, 0.6) is 0 Å². The standard InChI is InChI=1S/C10H22N2O3/c1-8(7-15-4)11-10(14)6-12(3)5-9(2)13/h8-9,13H,5-7H2,1-4H3,(H,11,14). The molecule has 0 aromatic rings. The average Bonchev–Trinajstić information content (AvgIpc) is 2.00. The number of aliphatic hydroxyl groups excluding tert-OH is 1. The van der Waals surface area contributed by atoms with Gasteiger partial charge in [-0.25, -0.2) is 0 Å². The van der Waals surface area contributed by atoms with Crippen molar-refractivity contribution >= 4 is 5.91 Å². The Morgan fingerprint density at radius 3 is 2.60 bits per heavy atom. The van der Waals surface area contributed by atoms with Crippen LogP contribution in [-0.4, -0.2) is 61.9 Å². The average molecular weight is 218 g/mol. The number of amides is 1. The highest BCUT2D eigenvalue weighted by Crippen LogP contribution is 1.89. The van der Waals surface area contributed by atoms with Crippen LogP contribution in [0, 0.1) is 0 Å². The molecule has 0 aliphatic rings. The number of methoxy groups -OCH3 is 1. The van der Waals surface area contributed by atoms with Gasteiger partial charge < -0.3 is 15.2 Å². The van der Waals surface area contributed by atoms with Crippen LogP contribution in [0.25, 0.3) is 0 Å². The highest BCUT2D eigenvalue weighted by Gasteiger charge is 2.10. The van der Waals surface area contributed by atoms with Crippen molar-refractivity contribution in [2.75, 3.05) is 33.9 Å². The van der Waals surface area contributed by atoms with E-state index in [1.165, 1.54) is 0 Å². The molecule has 1 amide bonds. The van der Waals surface area contributed by atoms with Gasteiger partial charge in [-0.3, -0.25) is 9.69 Å². The Hall–Kier alpha value is -0.650. The maximum absolute atomic E-state index is 11.4. The van der Waals surface area contributed by atoms with Gasteiger partial charge in [0.15, 0.2) is 0 Å². The zero-order valence-electron chi connectivity index (χ0n) is 9.99. The Morgan fingerprint density at radius 2 is 2.13 bits per heavy atom. The molecule has 15 heavy (non-hydrogen) atoms. The number of hydrogen-bond acceptors (Lipinski definition) is 4. The molecule has 5 heteroatoms. The maximum atomic E-state index is 11.4. The Bertz CT molecular complexity index is 186. The van der Waals surface area contributed by atoms with Gasteiger partial charge in [0.2, 0.25) is 5.91 Å². The van der Waals surface area contributed by atoms with Crippen molar-refractivity contribution in [1.29, 1.82) is 0 Å². The van der Waals surface area contributed by atoms with Crippen LogP contribution < -0.4 is 5.32 Å². The summed E-state index contributed by atoms with van der Waals surface area (Å²) in [5.41, 5.74) is 0. The fourth-order valence-electron chi connectivity index (χ4n) is 1.37. The summed E-state index contributed by atoms with van der Waals surface area (Å²) >= 11 is 0. The summed E-state index contributed by atoms with van der Waals surface area (Å²) < 4.78 is 4.91. The first-order chi connectivity index (χ1) is 6.95. The number of likely N-dealkylation sites (N-methyl/N-ethyl adjacent to an activating group) is 1. The summed E-state index contributed by atoms with van der Waals surface area (Å²) in [7, 11) is 3.40. The van der Waals surface area contributed by atoms with E-state index in [4.69, 9.17) is 9.84 Å². The van der Waals surface area contributed by atoms with Gasteiger partial charge >= 0.3 is 0 Å². The number of hydrogen-bond donors (Lipinski definition) is 2. The summed E-state index contributed by atoms with van der Waals surface area (Å²) in [5.74, 6) is -0.0531. The highest BCUT2D eigenvalue weighted by atomic mass is 16.5. The van der Waals surface area contributed by atoms with E-state index < -0.39 is 6.10 Å². The van der Waals surface area contributed by atoms with E-state index in [-0.39, 0.29) is 11.9 Å². The van der Waals surface area contributed by atoms with Gasteiger partial charge in [-0.05, 0) is 20.9 Å². The Morgan fingerprint density at radius 1 is 1.53 bits per heavy atom. The van der Waals surface area contributed by atoms with E-state index in [1.54, 1.807) is 26.0 Å². The Balaban J connectivity index is 3.72. The van der Waals surface area contributed by atoms with Gasteiger partial charge in [0, 0.05) is 19.7 Å². The van der Waals surface area contributed by atoms with E-state index in [2.05, 4.69) is 5.32 Å². The summed E-state index contributed by atoms with van der Waals surface area (Å²) in [4.78, 5) is 13.2. The fraction of sp³-hybridized carbons (Fsp3) is 0.900. The molecule has 0 rings (SSSR count). The number of nitrogens with one attached hydrogen (secondary N) is 1. The lowest BCUT2D eigenvalue weighted by Crippen LogP contribution is -2.42. The molecule has 0 bridgehead atoms. The molecule has 0 radical (unpaired) electrons. The monoisotopic (exact) mass is 218 g/mol. The number of aliphatic hydroxyl groups is 1. The molecule has 0 fully saturated rings. The number of carbonyl (C=O) groups excluding carboxylic acids is 1. The number of ether oxygens (including phenoxy) is 1. The summed E-state index contributed by atoms with van der Waals surface area (Å²) in [6, 6.07) is 0.0162. The lowest BCUT2D eigenvalue weighted by molar-refractivity contribution is -0.123. The van der Waals surface area contributed by atoms with Gasteiger partial charge in [0.25, 0.3) is 0 Å². The zero-order valence-corrected chi connectivity index (χ0v) is 9.99. The highest BCUT2D eigenvalue weighted by molar-refractivity contribution is 5.78. The second-order valence-corrected chi connectivity index (χ2v) is 3.97. The zero-order chi connectivity index (χ0) is 11.8. The normalized spacial score (nSPS) is 15.1. The fourth-order valence-corrected chi connectivity index (χ4v) is 1.37. The molecule has 2 N–H and O–H groups in total. The summed E-state index contributed by atoms with van der Waals surface area (Å²) in [5, 5.41) is 11.9. The third-order valence-electron chi connectivity index (χ3n) is 1.81. The van der Waals surface area contributed by atoms with E-state index in [0.29, 0.717) is 19.7 Å². The third kappa shape index (κ3) is 8.35. The molecule has 0 spiro atoms. The topological polar surface area (TPSA) is 61.8 Å². The van der Waals surface area contributed by atoms with Gasteiger partial charge in [-0.1, -0.05) is 0 Å². The van der Waals surface area contributed by atoms with Crippen LogP contribution >= 0.6 is 0 Å². The molecule has 2 unspecified atom stereocenters. The van der Waals surface area contributed by atoms with Crippen molar-refractivity contribution in [3.8, 4) is 0 Å². The summed E-state index contributed by atoms with van der Waals surface area (Å²) in [6.07, 6.45) is -0.417. The number of nitrogens with zero attached hydrogens (tertiary/aromatic N) is 1. The van der Waals surface area contributed by atoms with Crippen LogP contribution in [-0.2, 0) is 9.53 Å². The largest absolute Gasteiger partial charge is 0.392 e. The van der Waals surface area contributed by atoms with Crippen LogP contribution in [0.4, 0.5) is 0 Å². The predicted molar refractivity (Wildman–Crippen MR) is 58.7 cm³/mol. The second kappa shape index (κ2) is 7.62. The van der Waals surface area contributed by atoms with Gasteiger partial charge in [-0.2, -0.15) is 0 Å². The quantitative estimate of drug-likeness (QED) is 0.602. The summed E-state index contributed by atoms with van der Waals surface area (Å²) in [6.45, 7) is 4.87. The van der Waals surface area contributed by atoms with Crippen molar-refractivity contribution in [2.45, 2.75) is 26.0 Å². The van der Waals surface area contributed by atoms with E-state index in [9.17, 15) is 4.79 Å². The van der Waals surface area contributed by atoms with Crippen molar-refractivity contribution in [1.82, 2.24) is 10.2 Å². The van der Waals surface area contributed by atoms with Crippen LogP contribution in [0.15, 0.2) is 0 Å². The van der Waals surface area contributed by atoms with Gasteiger partial charge in [0.05, 0.1) is 19.3 Å². The molecule has 90 valence electrons. The molecule has 0 aromatic heterocycles. The lowest BCUT2D eigenvalue weighted by Gasteiger charge is -2.19. The first-order valence-electron chi connectivity index (χ1n) is 5.10. The number of rotatable bonds is 7. The molecule has 0 heterocycles. The number of carbonyl (C=O) groups is 1. The first-order valence-corrected chi connectivity index (χ1v) is 5.10. The molecule has 5 nitrogen and oxygen atoms in total. The molecule has 0 aliphatic carbocycles. The van der Waals surface area contributed by atoms with Crippen molar-refractivity contribution in [2.24, 2.45) is 0 Å². The molecule has 0 aromatic carbocycles. The van der Waals surface area contributed by atoms with Gasteiger partial charge in [-0.15, -0.1) is 0 Å². The Kier molecular flexibility index (Phi) is 7.29. The molecular weight excluding hydrogens is 196 g/mol. The van der Waals surface area contributed by atoms with E-state index in [0.717, 1.165) is 0 Å². The minimum atomic E-state index is -0.417. The molecule has 0 saturated carbocycles. The third-order valence-corrected chi connectivity index (χ3v) is 1.81. The molecular formula is C10H22N2O3. The first kappa shape index (κ1) is 14.3. The van der Waals surface area contributed by atoms with Gasteiger partial charge in [0.1, 0.15) is 0 Å². The van der Waals surface area contributed by atoms with Crippen LogP contribution in [0.2, 0.25) is 0 Å². The van der Waals surface area contributed by atoms with E-state index in [1.807, 2.05) is 6.92 Å². The molecule has 2 atom stereocenters.